The number of fused-ring (bicyclic) bond motifs is 1. The molecule has 6 heteroatoms. The molecule has 2 aliphatic rings. The van der Waals surface area contributed by atoms with Crippen LogP contribution in [-0.4, -0.2) is 49.1 Å². The van der Waals surface area contributed by atoms with E-state index in [4.69, 9.17) is 0 Å². The molecule has 0 bridgehead atoms. The van der Waals surface area contributed by atoms with Crippen molar-refractivity contribution >= 4 is 35.1 Å². The number of carbonyl (C=O) groups is 2. The quantitative estimate of drug-likeness (QED) is 0.854. The number of benzene rings is 2. The molecule has 2 heterocycles. The Hall–Kier alpha value is -3.15. The van der Waals surface area contributed by atoms with Gasteiger partial charge in [-0.25, -0.2) is 0 Å². The predicted molar refractivity (Wildman–Crippen MR) is 107 cm³/mol. The van der Waals surface area contributed by atoms with Crippen molar-refractivity contribution in [3.63, 3.8) is 0 Å². The van der Waals surface area contributed by atoms with Crippen LogP contribution in [0.3, 0.4) is 0 Å². The summed E-state index contributed by atoms with van der Waals surface area (Å²) in [4.78, 5) is 32.2. The molecule has 0 spiro atoms. The molecule has 2 amide bonds. The number of rotatable bonds is 3. The van der Waals surface area contributed by atoms with Gasteiger partial charge in [-0.05, 0) is 35.9 Å². The van der Waals surface area contributed by atoms with Crippen molar-refractivity contribution in [1.82, 2.24) is 4.90 Å². The predicted octanol–water partition coefficient (Wildman–Crippen LogP) is 2.79. The minimum atomic E-state index is -0.347. The molecule has 4 rings (SSSR count). The zero-order valence-electron chi connectivity index (χ0n) is 15.3. The first-order chi connectivity index (χ1) is 13.1. The molecule has 2 aromatic carbocycles. The highest BCUT2D eigenvalue weighted by Crippen LogP contribution is 2.31. The maximum atomic E-state index is 12.2. The van der Waals surface area contributed by atoms with Gasteiger partial charge in [-0.1, -0.05) is 18.2 Å². The number of piperazine rings is 1. The van der Waals surface area contributed by atoms with Crippen LogP contribution in [0.2, 0.25) is 0 Å². The van der Waals surface area contributed by atoms with Crippen LogP contribution >= 0.6 is 0 Å². The Labute approximate surface area is 158 Å². The Balaban J connectivity index is 1.42. The lowest BCUT2D eigenvalue weighted by Crippen LogP contribution is -2.48. The topological polar surface area (TPSA) is 65.0 Å². The van der Waals surface area contributed by atoms with E-state index in [0.29, 0.717) is 0 Å². The van der Waals surface area contributed by atoms with Crippen molar-refractivity contribution in [2.24, 2.45) is 4.99 Å². The summed E-state index contributed by atoms with van der Waals surface area (Å²) in [6.45, 7) is 4.80. The maximum absolute atomic E-state index is 12.2. The van der Waals surface area contributed by atoms with E-state index in [-0.39, 0.29) is 17.7 Å². The van der Waals surface area contributed by atoms with Gasteiger partial charge in [-0.15, -0.1) is 0 Å². The standard InChI is InChI=1S/C21H22N4O2/c1-15(26)24-10-12-25(13-11-24)17-8-6-16(7-9-17)22-14-19-18-4-2-3-5-20(18)23-21(19)27/h2-9,14,19H,10-13H2,1H3,(H,23,27). The Morgan fingerprint density at radius 1 is 1.07 bits per heavy atom. The number of hydrogen-bond donors (Lipinski definition) is 1. The number of para-hydroxylation sites is 1. The van der Waals surface area contributed by atoms with Gasteiger partial charge in [0, 0.05) is 50.7 Å². The van der Waals surface area contributed by atoms with E-state index in [1.165, 1.54) is 0 Å². The first-order valence-corrected chi connectivity index (χ1v) is 9.16. The molecular weight excluding hydrogens is 340 g/mol. The van der Waals surface area contributed by atoms with Gasteiger partial charge in [0.25, 0.3) is 0 Å². The molecule has 2 aromatic rings. The van der Waals surface area contributed by atoms with E-state index < -0.39 is 0 Å². The number of amides is 2. The van der Waals surface area contributed by atoms with Crippen LogP contribution < -0.4 is 10.2 Å². The van der Waals surface area contributed by atoms with Crippen molar-refractivity contribution in [2.45, 2.75) is 12.8 Å². The van der Waals surface area contributed by atoms with Crippen LogP contribution in [-0.2, 0) is 9.59 Å². The summed E-state index contributed by atoms with van der Waals surface area (Å²) < 4.78 is 0. The molecule has 1 N–H and O–H groups in total. The number of anilines is 2. The second-order valence-corrected chi connectivity index (χ2v) is 6.84. The fraction of sp³-hybridized carbons (Fsp3) is 0.286. The van der Waals surface area contributed by atoms with Crippen LogP contribution in [0.15, 0.2) is 53.5 Å². The highest BCUT2D eigenvalue weighted by Gasteiger charge is 2.28. The fourth-order valence-corrected chi connectivity index (χ4v) is 3.57. The monoisotopic (exact) mass is 362 g/mol. The van der Waals surface area contributed by atoms with E-state index in [9.17, 15) is 9.59 Å². The maximum Gasteiger partial charge on any atom is 0.237 e. The Morgan fingerprint density at radius 3 is 2.48 bits per heavy atom. The van der Waals surface area contributed by atoms with Gasteiger partial charge < -0.3 is 15.1 Å². The van der Waals surface area contributed by atoms with Crippen LogP contribution in [0.1, 0.15) is 18.4 Å². The summed E-state index contributed by atoms with van der Waals surface area (Å²) in [5, 5.41) is 2.88. The first-order valence-electron chi connectivity index (χ1n) is 9.16. The number of nitrogens with zero attached hydrogens (tertiary/aromatic N) is 3. The summed E-state index contributed by atoms with van der Waals surface area (Å²) in [5.74, 6) is -0.252. The summed E-state index contributed by atoms with van der Waals surface area (Å²) in [6.07, 6.45) is 1.71. The van der Waals surface area contributed by atoms with Crippen molar-refractivity contribution in [2.75, 3.05) is 36.4 Å². The van der Waals surface area contributed by atoms with E-state index in [0.717, 1.165) is 48.8 Å². The van der Waals surface area contributed by atoms with Crippen LogP contribution in [0.5, 0.6) is 0 Å². The summed E-state index contributed by atoms with van der Waals surface area (Å²) in [6, 6.07) is 15.7. The smallest absolute Gasteiger partial charge is 0.237 e. The van der Waals surface area contributed by atoms with Crippen molar-refractivity contribution in [1.29, 1.82) is 0 Å². The fourth-order valence-electron chi connectivity index (χ4n) is 3.57. The number of nitrogens with one attached hydrogen (secondary N) is 1. The van der Waals surface area contributed by atoms with Gasteiger partial charge in [-0.3, -0.25) is 14.6 Å². The molecule has 0 radical (unpaired) electrons. The van der Waals surface area contributed by atoms with E-state index in [1.807, 2.05) is 53.4 Å². The third-order valence-corrected chi connectivity index (χ3v) is 5.15. The number of hydrogen-bond acceptors (Lipinski definition) is 4. The largest absolute Gasteiger partial charge is 0.368 e. The normalized spacial score (nSPS) is 19.3. The van der Waals surface area contributed by atoms with Crippen molar-refractivity contribution in [3.8, 4) is 0 Å². The number of carbonyl (C=O) groups excluding carboxylic acids is 2. The highest BCUT2D eigenvalue weighted by molar-refractivity contribution is 6.12. The molecule has 0 saturated carbocycles. The van der Waals surface area contributed by atoms with E-state index >= 15 is 0 Å². The lowest BCUT2D eigenvalue weighted by atomic mass is 10.0. The average Bonchev–Trinajstić information content (AvgIpc) is 3.02. The molecule has 2 aliphatic heterocycles. The van der Waals surface area contributed by atoms with Crippen LogP contribution in [0.4, 0.5) is 17.1 Å². The summed E-state index contributed by atoms with van der Waals surface area (Å²) in [7, 11) is 0. The third-order valence-electron chi connectivity index (χ3n) is 5.15. The van der Waals surface area contributed by atoms with E-state index in [1.54, 1.807) is 13.1 Å². The first kappa shape index (κ1) is 17.3. The lowest BCUT2D eigenvalue weighted by molar-refractivity contribution is -0.129. The minimum Gasteiger partial charge on any atom is -0.368 e. The van der Waals surface area contributed by atoms with Gasteiger partial charge in [-0.2, -0.15) is 0 Å². The van der Waals surface area contributed by atoms with Crippen LogP contribution in [0, 0.1) is 0 Å². The molecule has 0 aromatic heterocycles. The zero-order chi connectivity index (χ0) is 18.8. The second kappa shape index (κ2) is 7.23. The van der Waals surface area contributed by atoms with Gasteiger partial charge in [0.1, 0.15) is 5.92 Å². The minimum absolute atomic E-state index is 0.0417. The lowest BCUT2D eigenvalue weighted by Gasteiger charge is -2.35. The van der Waals surface area contributed by atoms with Gasteiger partial charge >= 0.3 is 0 Å². The van der Waals surface area contributed by atoms with Gasteiger partial charge in [0.15, 0.2) is 0 Å². The zero-order valence-corrected chi connectivity index (χ0v) is 15.3. The molecule has 1 unspecified atom stereocenters. The Morgan fingerprint density at radius 2 is 1.78 bits per heavy atom. The SMILES string of the molecule is CC(=O)N1CCN(c2ccc(N=CC3C(=O)Nc4ccccc43)cc2)CC1. The molecule has 1 saturated heterocycles. The molecule has 1 atom stereocenters. The third kappa shape index (κ3) is 3.56. The Kier molecular flexibility index (Phi) is 4.62. The van der Waals surface area contributed by atoms with Gasteiger partial charge in [0.2, 0.25) is 11.8 Å². The highest BCUT2D eigenvalue weighted by atomic mass is 16.2. The van der Waals surface area contributed by atoms with E-state index in [2.05, 4.69) is 15.2 Å². The summed E-state index contributed by atoms with van der Waals surface area (Å²) in [5.41, 5.74) is 3.77. The number of aliphatic imine (C=N–C) groups is 1. The Bertz CT molecular complexity index is 883. The summed E-state index contributed by atoms with van der Waals surface area (Å²) >= 11 is 0. The van der Waals surface area contributed by atoms with Crippen LogP contribution in [0.25, 0.3) is 0 Å². The average molecular weight is 362 g/mol. The molecule has 1 fully saturated rings. The van der Waals surface area contributed by atoms with Gasteiger partial charge in [0.05, 0.1) is 5.69 Å². The second-order valence-electron chi connectivity index (χ2n) is 6.84. The molecule has 138 valence electrons. The molecule has 6 nitrogen and oxygen atoms in total. The molecular formula is C21H22N4O2. The van der Waals surface area contributed by atoms with Crippen molar-refractivity contribution in [3.05, 3.63) is 54.1 Å². The van der Waals surface area contributed by atoms with Crippen molar-refractivity contribution < 1.29 is 9.59 Å². The molecule has 27 heavy (non-hydrogen) atoms. The molecule has 0 aliphatic carbocycles.